The van der Waals surface area contributed by atoms with Gasteiger partial charge in [-0.3, -0.25) is 4.98 Å². The molecule has 0 aliphatic heterocycles. The molecular weight excluding hydrogens is 368 g/mol. The topological polar surface area (TPSA) is 90.1 Å². The maximum Gasteiger partial charge on any atom is 0.511 e. The van der Waals surface area contributed by atoms with E-state index in [2.05, 4.69) is 25.8 Å². The van der Waals surface area contributed by atoms with Crippen LogP contribution in [0.15, 0.2) is 42.7 Å². The average molecular weight is 394 g/mol. The molecule has 0 amide bonds. The van der Waals surface area contributed by atoms with Gasteiger partial charge in [0.25, 0.3) is 0 Å². The number of aryl methyl sites for hydroxylation is 1. The number of rotatable bonds is 8. The Morgan fingerprint density at radius 1 is 1.21 bits per heavy atom. The van der Waals surface area contributed by atoms with Crippen LogP contribution in [0.2, 0.25) is 0 Å². The van der Waals surface area contributed by atoms with E-state index in [0.717, 1.165) is 42.0 Å². The third kappa shape index (κ3) is 5.19. The number of unbranched alkanes of at least 4 members (excludes halogenated alkanes) is 1. The number of nitrogens with zero attached hydrogens (tertiary/aromatic N) is 4. The van der Waals surface area contributed by atoms with Gasteiger partial charge in [-0.1, -0.05) is 51.5 Å². The molecule has 0 unspecified atom stereocenters. The quantitative estimate of drug-likeness (QED) is 0.546. The minimum atomic E-state index is -1.36. The van der Waals surface area contributed by atoms with Gasteiger partial charge in [-0.25, -0.2) is 14.5 Å². The summed E-state index contributed by atoms with van der Waals surface area (Å²) in [6.45, 7) is 7.02. The van der Waals surface area contributed by atoms with Crippen LogP contribution in [-0.2, 0) is 13.0 Å². The molecule has 7 nitrogen and oxygen atoms in total. The summed E-state index contributed by atoms with van der Waals surface area (Å²) in [4.78, 5) is 19.6. The molecule has 1 N–H and O–H groups in total. The van der Waals surface area contributed by atoms with Crippen molar-refractivity contribution in [3.8, 4) is 16.9 Å². The van der Waals surface area contributed by atoms with Gasteiger partial charge in [0.2, 0.25) is 0 Å². The van der Waals surface area contributed by atoms with Crippen LogP contribution in [0.5, 0.6) is 5.75 Å². The van der Waals surface area contributed by atoms with Gasteiger partial charge < -0.3 is 9.84 Å². The monoisotopic (exact) mass is 394 g/mol. The number of aromatic nitrogens is 4. The summed E-state index contributed by atoms with van der Waals surface area (Å²) < 4.78 is 6.83. The van der Waals surface area contributed by atoms with Crippen LogP contribution in [0.1, 0.15) is 56.7 Å². The van der Waals surface area contributed by atoms with E-state index in [0.29, 0.717) is 18.0 Å². The van der Waals surface area contributed by atoms with Gasteiger partial charge in [-0.05, 0) is 23.6 Å². The van der Waals surface area contributed by atoms with Crippen molar-refractivity contribution in [2.24, 2.45) is 0 Å². The van der Waals surface area contributed by atoms with Gasteiger partial charge in [0.1, 0.15) is 5.82 Å². The summed E-state index contributed by atoms with van der Waals surface area (Å²) in [6.07, 6.45) is 4.78. The molecule has 3 aromatic rings. The molecule has 0 aliphatic carbocycles. The first-order valence-electron chi connectivity index (χ1n) is 9.85. The second-order valence-electron chi connectivity index (χ2n) is 7.24. The van der Waals surface area contributed by atoms with E-state index in [9.17, 15) is 4.79 Å². The normalized spacial score (nSPS) is 11.0. The van der Waals surface area contributed by atoms with Gasteiger partial charge in [0, 0.05) is 24.1 Å². The molecular formula is C22H26N4O3. The summed E-state index contributed by atoms with van der Waals surface area (Å²) in [6, 6.07) is 9.67. The summed E-state index contributed by atoms with van der Waals surface area (Å²) in [5, 5.41) is 13.6. The van der Waals surface area contributed by atoms with Crippen molar-refractivity contribution < 1.29 is 14.6 Å². The zero-order valence-electron chi connectivity index (χ0n) is 17.0. The molecule has 2 aromatic heterocycles. The van der Waals surface area contributed by atoms with E-state index in [1.165, 1.54) is 6.20 Å². The lowest BCUT2D eigenvalue weighted by molar-refractivity contribution is 0.144. The minimum absolute atomic E-state index is 0.215. The molecule has 29 heavy (non-hydrogen) atoms. The lowest BCUT2D eigenvalue weighted by Crippen LogP contribution is -2.07. The van der Waals surface area contributed by atoms with Gasteiger partial charge in [-0.15, -0.1) is 0 Å². The summed E-state index contributed by atoms with van der Waals surface area (Å²) in [5.41, 5.74) is 2.64. The number of benzene rings is 1. The van der Waals surface area contributed by atoms with Crippen molar-refractivity contribution in [2.45, 2.75) is 52.5 Å². The van der Waals surface area contributed by atoms with Gasteiger partial charge >= 0.3 is 6.16 Å². The van der Waals surface area contributed by atoms with Crippen molar-refractivity contribution >= 4 is 6.16 Å². The maximum atomic E-state index is 10.9. The summed E-state index contributed by atoms with van der Waals surface area (Å²) in [7, 11) is 0. The van der Waals surface area contributed by atoms with Crippen molar-refractivity contribution in [2.75, 3.05) is 0 Å². The zero-order valence-corrected chi connectivity index (χ0v) is 17.0. The molecule has 152 valence electrons. The average Bonchev–Trinajstić information content (AvgIpc) is 3.10. The Kier molecular flexibility index (Phi) is 6.59. The molecule has 0 radical (unpaired) electrons. The minimum Gasteiger partial charge on any atom is -0.449 e. The summed E-state index contributed by atoms with van der Waals surface area (Å²) >= 11 is 0. The fourth-order valence-electron chi connectivity index (χ4n) is 3.04. The second kappa shape index (κ2) is 9.32. The largest absolute Gasteiger partial charge is 0.511 e. The second-order valence-corrected chi connectivity index (χ2v) is 7.24. The van der Waals surface area contributed by atoms with Crippen LogP contribution in [0.4, 0.5) is 4.79 Å². The van der Waals surface area contributed by atoms with Crippen molar-refractivity contribution in [3.63, 3.8) is 0 Å². The van der Waals surface area contributed by atoms with E-state index in [-0.39, 0.29) is 5.75 Å². The van der Waals surface area contributed by atoms with Crippen molar-refractivity contribution in [1.29, 1.82) is 0 Å². The predicted octanol–water partition coefficient (Wildman–Crippen LogP) is 4.91. The van der Waals surface area contributed by atoms with E-state index < -0.39 is 6.16 Å². The zero-order chi connectivity index (χ0) is 20.8. The van der Waals surface area contributed by atoms with Gasteiger partial charge in [0.15, 0.2) is 11.6 Å². The molecule has 0 bridgehead atoms. The smallest absolute Gasteiger partial charge is 0.449 e. The predicted molar refractivity (Wildman–Crippen MR) is 110 cm³/mol. The molecule has 0 aliphatic rings. The Hall–Kier alpha value is -3.22. The molecule has 0 spiro atoms. The Morgan fingerprint density at radius 3 is 2.62 bits per heavy atom. The van der Waals surface area contributed by atoms with Crippen LogP contribution in [-0.4, -0.2) is 31.0 Å². The number of carbonyl (C=O) groups is 1. The van der Waals surface area contributed by atoms with Crippen LogP contribution >= 0.6 is 0 Å². The molecule has 3 rings (SSSR count). The number of pyridine rings is 1. The SMILES string of the molecule is CCCCc1nc(C(C)C)nn1Cc1ccc(-c2ccncc2OC(=O)O)cc1. The van der Waals surface area contributed by atoms with Crippen molar-refractivity contribution in [3.05, 3.63) is 59.9 Å². The van der Waals surface area contributed by atoms with Crippen LogP contribution < -0.4 is 4.74 Å². The highest BCUT2D eigenvalue weighted by atomic mass is 16.7. The van der Waals surface area contributed by atoms with Crippen LogP contribution in [0.3, 0.4) is 0 Å². The molecule has 1 aromatic carbocycles. The fourth-order valence-corrected chi connectivity index (χ4v) is 3.04. The lowest BCUT2D eigenvalue weighted by atomic mass is 10.0. The van der Waals surface area contributed by atoms with Gasteiger partial charge in [-0.2, -0.15) is 5.10 Å². The number of hydrogen-bond acceptors (Lipinski definition) is 5. The molecule has 0 saturated carbocycles. The molecule has 0 fully saturated rings. The fraction of sp³-hybridized carbons (Fsp3) is 0.364. The lowest BCUT2D eigenvalue weighted by Gasteiger charge is -2.09. The molecule has 2 heterocycles. The number of carboxylic acid groups (broad SMARTS) is 1. The first-order chi connectivity index (χ1) is 14.0. The highest BCUT2D eigenvalue weighted by molar-refractivity contribution is 5.73. The van der Waals surface area contributed by atoms with E-state index in [4.69, 9.17) is 19.9 Å². The third-order valence-electron chi connectivity index (χ3n) is 4.61. The molecule has 0 atom stereocenters. The van der Waals surface area contributed by atoms with Crippen LogP contribution in [0, 0.1) is 0 Å². The Balaban J connectivity index is 1.82. The third-order valence-corrected chi connectivity index (χ3v) is 4.61. The highest BCUT2D eigenvalue weighted by Crippen LogP contribution is 2.29. The number of hydrogen-bond donors (Lipinski definition) is 1. The standard InChI is InChI=1S/C22H26N4O3/c1-4-5-6-20-24-21(15(2)3)25-26(20)14-16-7-9-17(10-8-16)18-11-12-23-13-19(18)29-22(27)28/h7-13,15H,4-6,14H2,1-3H3,(H,27,28). The first-order valence-corrected chi connectivity index (χ1v) is 9.85. The summed E-state index contributed by atoms with van der Waals surface area (Å²) in [5.74, 6) is 2.40. The Labute approximate surface area is 170 Å². The highest BCUT2D eigenvalue weighted by Gasteiger charge is 2.14. The molecule has 7 heteroatoms. The van der Waals surface area contributed by atoms with Crippen LogP contribution in [0.25, 0.3) is 11.1 Å². The van der Waals surface area contributed by atoms with E-state index in [1.54, 1.807) is 12.3 Å². The van der Waals surface area contributed by atoms with Crippen molar-refractivity contribution in [1.82, 2.24) is 19.7 Å². The molecule has 0 saturated heterocycles. The van der Waals surface area contributed by atoms with E-state index >= 15 is 0 Å². The number of ether oxygens (including phenoxy) is 1. The Morgan fingerprint density at radius 2 is 1.97 bits per heavy atom. The first kappa shape index (κ1) is 20.5. The van der Waals surface area contributed by atoms with E-state index in [1.807, 2.05) is 28.9 Å². The maximum absolute atomic E-state index is 10.9. The van der Waals surface area contributed by atoms with Gasteiger partial charge in [0.05, 0.1) is 12.7 Å². The Bertz CT molecular complexity index is 964.